The number of nitrogens with zero attached hydrogens (tertiary/aromatic N) is 1. The molecule has 0 aliphatic carbocycles. The minimum absolute atomic E-state index is 0.248. The summed E-state index contributed by atoms with van der Waals surface area (Å²) < 4.78 is 10.7. The number of ether oxygens (including phenoxy) is 2. The van der Waals surface area contributed by atoms with Crippen LogP contribution in [0.5, 0.6) is 11.5 Å². The fourth-order valence-electron chi connectivity index (χ4n) is 3.65. The zero-order valence-electron chi connectivity index (χ0n) is 18.6. The van der Waals surface area contributed by atoms with Crippen molar-refractivity contribution in [2.24, 2.45) is 0 Å². The van der Waals surface area contributed by atoms with Gasteiger partial charge in [0.1, 0.15) is 17.5 Å². The Morgan fingerprint density at radius 2 is 1.80 bits per heavy atom. The number of hydrogen-bond acceptors (Lipinski definition) is 5. The molecule has 0 bridgehead atoms. The number of amides is 3. The van der Waals surface area contributed by atoms with Crippen molar-refractivity contribution in [3.05, 3.63) is 76.8 Å². The van der Waals surface area contributed by atoms with Gasteiger partial charge in [0, 0.05) is 10.7 Å². The van der Waals surface area contributed by atoms with Crippen LogP contribution in [0.25, 0.3) is 0 Å². The Morgan fingerprint density at radius 3 is 2.51 bits per heavy atom. The van der Waals surface area contributed by atoms with Gasteiger partial charge in [-0.3, -0.25) is 19.3 Å². The van der Waals surface area contributed by atoms with Gasteiger partial charge < -0.3 is 20.1 Å². The minimum Gasteiger partial charge on any atom is -0.497 e. The van der Waals surface area contributed by atoms with Gasteiger partial charge in [0.25, 0.3) is 5.91 Å². The Balaban J connectivity index is 1.53. The number of rotatable bonds is 7. The Labute approximate surface area is 211 Å². The monoisotopic (exact) mass is 513 g/mol. The summed E-state index contributed by atoms with van der Waals surface area (Å²) in [7, 11) is 1.54. The number of carbonyl (C=O) groups is 3. The molecule has 3 aromatic rings. The van der Waals surface area contributed by atoms with Crippen LogP contribution in [0, 0.1) is 0 Å². The molecule has 0 spiro atoms. The highest BCUT2D eigenvalue weighted by atomic mass is 35.5. The maximum atomic E-state index is 13.3. The van der Waals surface area contributed by atoms with Gasteiger partial charge in [-0.25, -0.2) is 0 Å². The second-order valence-corrected chi connectivity index (χ2v) is 8.47. The number of halogens is 2. The van der Waals surface area contributed by atoms with Gasteiger partial charge in [0.05, 0.1) is 29.9 Å². The lowest BCUT2D eigenvalue weighted by molar-refractivity contribution is -0.127. The van der Waals surface area contributed by atoms with Crippen LogP contribution in [0.3, 0.4) is 0 Å². The molecule has 3 aromatic carbocycles. The van der Waals surface area contributed by atoms with Crippen molar-refractivity contribution in [2.45, 2.75) is 12.5 Å². The first-order valence-corrected chi connectivity index (χ1v) is 11.3. The third-order valence-corrected chi connectivity index (χ3v) is 5.83. The lowest BCUT2D eigenvalue weighted by atomic mass is 10.0. The van der Waals surface area contributed by atoms with Crippen molar-refractivity contribution >= 4 is 58.0 Å². The third-order valence-electron chi connectivity index (χ3n) is 5.30. The number of benzene rings is 3. The van der Waals surface area contributed by atoms with E-state index < -0.39 is 30.4 Å². The maximum absolute atomic E-state index is 13.3. The van der Waals surface area contributed by atoms with E-state index in [9.17, 15) is 14.4 Å². The third kappa shape index (κ3) is 5.67. The van der Waals surface area contributed by atoms with E-state index in [1.165, 1.54) is 11.0 Å². The molecule has 1 atom stereocenters. The van der Waals surface area contributed by atoms with E-state index in [4.69, 9.17) is 32.7 Å². The first-order valence-electron chi connectivity index (χ1n) is 10.6. The molecular weight excluding hydrogens is 493 g/mol. The minimum atomic E-state index is -1.08. The Morgan fingerprint density at radius 1 is 1.06 bits per heavy atom. The fourth-order valence-corrected chi connectivity index (χ4v) is 4.11. The molecule has 10 heteroatoms. The van der Waals surface area contributed by atoms with Crippen LogP contribution in [0.4, 0.5) is 17.1 Å². The topological polar surface area (TPSA) is 97.0 Å². The molecule has 35 heavy (non-hydrogen) atoms. The van der Waals surface area contributed by atoms with E-state index >= 15 is 0 Å². The summed E-state index contributed by atoms with van der Waals surface area (Å²) in [4.78, 5) is 40.3. The summed E-state index contributed by atoms with van der Waals surface area (Å²) in [5, 5.41) is 6.18. The predicted molar refractivity (Wildman–Crippen MR) is 135 cm³/mol. The van der Waals surface area contributed by atoms with Gasteiger partial charge in [-0.2, -0.15) is 0 Å². The van der Waals surface area contributed by atoms with E-state index in [0.29, 0.717) is 27.8 Å². The number of nitrogens with one attached hydrogen (secondary N) is 2. The van der Waals surface area contributed by atoms with Crippen LogP contribution in [0.2, 0.25) is 10.0 Å². The summed E-state index contributed by atoms with van der Waals surface area (Å²) in [5.41, 5.74) is 1.46. The van der Waals surface area contributed by atoms with Crippen molar-refractivity contribution in [2.75, 3.05) is 29.3 Å². The second-order valence-electron chi connectivity index (χ2n) is 7.63. The van der Waals surface area contributed by atoms with Crippen LogP contribution in [0.15, 0.2) is 66.7 Å². The van der Waals surface area contributed by atoms with E-state index in [1.54, 1.807) is 67.8 Å². The van der Waals surface area contributed by atoms with Crippen LogP contribution in [0.1, 0.15) is 6.42 Å². The predicted octanol–water partition coefficient (Wildman–Crippen LogP) is 4.76. The van der Waals surface area contributed by atoms with Crippen molar-refractivity contribution < 1.29 is 23.9 Å². The van der Waals surface area contributed by atoms with Crippen LogP contribution < -0.4 is 25.0 Å². The molecule has 3 amide bonds. The normalized spacial score (nSPS) is 14.5. The zero-order chi connectivity index (χ0) is 24.9. The van der Waals surface area contributed by atoms with Gasteiger partial charge in [-0.1, -0.05) is 35.3 Å². The van der Waals surface area contributed by atoms with Gasteiger partial charge in [0.15, 0.2) is 6.61 Å². The summed E-state index contributed by atoms with van der Waals surface area (Å²) >= 11 is 12.0. The molecule has 1 aliphatic rings. The van der Waals surface area contributed by atoms with Gasteiger partial charge in [0.2, 0.25) is 11.8 Å². The number of para-hydroxylation sites is 2. The van der Waals surface area contributed by atoms with Crippen molar-refractivity contribution in [1.82, 2.24) is 0 Å². The lowest BCUT2D eigenvalue weighted by Crippen LogP contribution is -2.53. The molecule has 1 heterocycles. The maximum Gasteiger partial charge on any atom is 0.265 e. The molecule has 0 unspecified atom stereocenters. The average Bonchev–Trinajstić information content (AvgIpc) is 2.84. The number of carbonyl (C=O) groups excluding carboxylic acids is 3. The molecule has 0 radical (unpaired) electrons. The standard InChI is InChI=1S/C25H21Cl2N3O5/c1-34-17-9-7-16(8-10-17)28-23(31)13-21-25(33)29-19-4-2-3-5-20(19)30(21)24(32)14-35-22-11-6-15(26)12-18(22)27/h2-12,21H,13-14H2,1H3,(H,28,31)(H,29,33)/t21-/m0/s1. The molecule has 180 valence electrons. The zero-order valence-corrected chi connectivity index (χ0v) is 20.1. The van der Waals surface area contributed by atoms with Gasteiger partial charge in [-0.15, -0.1) is 0 Å². The Bertz CT molecular complexity index is 1270. The molecule has 2 N–H and O–H groups in total. The summed E-state index contributed by atoms with van der Waals surface area (Å²) in [5.74, 6) is -0.516. The van der Waals surface area contributed by atoms with E-state index in [2.05, 4.69) is 10.6 Å². The molecule has 0 saturated heterocycles. The second kappa shape index (κ2) is 10.7. The summed E-state index contributed by atoms with van der Waals surface area (Å²) in [6, 6.07) is 17.2. The Kier molecular flexibility index (Phi) is 7.43. The largest absolute Gasteiger partial charge is 0.497 e. The smallest absolute Gasteiger partial charge is 0.265 e. The number of hydrogen-bond donors (Lipinski definition) is 2. The SMILES string of the molecule is COc1ccc(NC(=O)C[C@H]2C(=O)Nc3ccccc3N2C(=O)COc2ccc(Cl)cc2Cl)cc1. The first kappa shape index (κ1) is 24.4. The van der Waals surface area contributed by atoms with Crippen molar-refractivity contribution in [3.63, 3.8) is 0 Å². The van der Waals surface area contributed by atoms with Gasteiger partial charge in [-0.05, 0) is 54.6 Å². The highest BCUT2D eigenvalue weighted by molar-refractivity contribution is 6.35. The first-order chi connectivity index (χ1) is 16.9. The number of fused-ring (bicyclic) bond motifs is 1. The van der Waals surface area contributed by atoms with Crippen molar-refractivity contribution in [3.8, 4) is 11.5 Å². The van der Waals surface area contributed by atoms with Crippen LogP contribution >= 0.6 is 23.2 Å². The molecular formula is C25H21Cl2N3O5. The van der Waals surface area contributed by atoms with E-state index in [-0.39, 0.29) is 17.2 Å². The Hall–Kier alpha value is -3.75. The van der Waals surface area contributed by atoms with Crippen LogP contribution in [-0.4, -0.2) is 37.5 Å². The quantitative estimate of drug-likeness (QED) is 0.474. The number of methoxy groups -OCH3 is 1. The summed E-state index contributed by atoms with van der Waals surface area (Å²) in [6.45, 7) is -0.403. The highest BCUT2D eigenvalue weighted by Crippen LogP contribution is 2.34. The summed E-state index contributed by atoms with van der Waals surface area (Å²) in [6.07, 6.45) is -0.264. The van der Waals surface area contributed by atoms with Crippen LogP contribution in [-0.2, 0) is 14.4 Å². The lowest BCUT2D eigenvalue weighted by Gasteiger charge is -2.36. The molecule has 4 rings (SSSR count). The van der Waals surface area contributed by atoms with E-state index in [1.807, 2.05) is 0 Å². The molecule has 0 fully saturated rings. The fraction of sp³-hybridized carbons (Fsp3) is 0.160. The molecule has 8 nitrogen and oxygen atoms in total. The van der Waals surface area contributed by atoms with Crippen molar-refractivity contribution in [1.29, 1.82) is 0 Å². The highest BCUT2D eigenvalue weighted by Gasteiger charge is 2.38. The number of anilines is 3. The van der Waals surface area contributed by atoms with Gasteiger partial charge >= 0.3 is 0 Å². The average molecular weight is 514 g/mol. The molecule has 0 saturated carbocycles. The molecule has 1 aliphatic heterocycles. The molecule has 0 aromatic heterocycles. The van der Waals surface area contributed by atoms with E-state index in [0.717, 1.165) is 0 Å².